The summed E-state index contributed by atoms with van der Waals surface area (Å²) in [6.07, 6.45) is 0.598. The van der Waals surface area contributed by atoms with Crippen LogP contribution in [0.1, 0.15) is 5.69 Å². The monoisotopic (exact) mass is 222 g/mol. The lowest BCUT2D eigenvalue weighted by Gasteiger charge is -1.95. The maximum absolute atomic E-state index is 8.77. The SMILES string of the molecule is OCCc1cc(-c2ccc(Cl)cc2)n[nH]1. The highest BCUT2D eigenvalue weighted by Gasteiger charge is 2.03. The van der Waals surface area contributed by atoms with E-state index in [-0.39, 0.29) is 6.61 Å². The van der Waals surface area contributed by atoms with Crippen LogP contribution >= 0.6 is 11.6 Å². The van der Waals surface area contributed by atoms with Crippen LogP contribution in [0.3, 0.4) is 0 Å². The van der Waals surface area contributed by atoms with E-state index >= 15 is 0 Å². The second kappa shape index (κ2) is 4.47. The Labute approximate surface area is 92.7 Å². The molecule has 0 spiro atoms. The molecule has 0 aliphatic heterocycles. The van der Waals surface area contributed by atoms with Gasteiger partial charge in [0.1, 0.15) is 0 Å². The Morgan fingerprint density at radius 2 is 2.00 bits per heavy atom. The van der Waals surface area contributed by atoms with E-state index < -0.39 is 0 Å². The second-order valence-corrected chi connectivity index (χ2v) is 3.70. The number of aromatic amines is 1. The smallest absolute Gasteiger partial charge is 0.0923 e. The number of halogens is 1. The average Bonchev–Trinajstić information content (AvgIpc) is 2.68. The molecule has 3 nitrogen and oxygen atoms in total. The first-order valence-electron chi connectivity index (χ1n) is 4.70. The molecule has 0 aliphatic carbocycles. The van der Waals surface area contributed by atoms with Gasteiger partial charge >= 0.3 is 0 Å². The number of rotatable bonds is 3. The minimum Gasteiger partial charge on any atom is -0.396 e. The Kier molecular flexibility index (Phi) is 3.04. The van der Waals surface area contributed by atoms with Gasteiger partial charge in [-0.15, -0.1) is 0 Å². The van der Waals surface area contributed by atoms with Crippen molar-refractivity contribution in [3.63, 3.8) is 0 Å². The molecule has 0 atom stereocenters. The van der Waals surface area contributed by atoms with Crippen LogP contribution in [0.2, 0.25) is 5.02 Å². The number of aliphatic hydroxyl groups is 1. The molecule has 0 saturated heterocycles. The van der Waals surface area contributed by atoms with Crippen LogP contribution in [-0.4, -0.2) is 21.9 Å². The maximum atomic E-state index is 8.77. The predicted octanol–water partition coefficient (Wildman–Crippen LogP) is 2.26. The van der Waals surface area contributed by atoms with Crippen LogP contribution in [-0.2, 0) is 6.42 Å². The topological polar surface area (TPSA) is 48.9 Å². The number of nitrogens with one attached hydrogen (secondary N) is 1. The normalized spacial score (nSPS) is 10.5. The van der Waals surface area contributed by atoms with E-state index in [1.165, 1.54) is 0 Å². The molecule has 0 aliphatic rings. The van der Waals surface area contributed by atoms with E-state index in [4.69, 9.17) is 16.7 Å². The van der Waals surface area contributed by atoms with Crippen LogP contribution in [0.4, 0.5) is 0 Å². The van der Waals surface area contributed by atoms with Gasteiger partial charge in [-0.25, -0.2) is 0 Å². The van der Waals surface area contributed by atoms with Crippen molar-refractivity contribution in [3.8, 4) is 11.3 Å². The highest BCUT2D eigenvalue weighted by molar-refractivity contribution is 6.30. The van der Waals surface area contributed by atoms with E-state index in [1.807, 2.05) is 30.3 Å². The third kappa shape index (κ3) is 2.37. The Hall–Kier alpha value is -1.32. The summed E-state index contributed by atoms with van der Waals surface area (Å²) < 4.78 is 0. The van der Waals surface area contributed by atoms with Gasteiger partial charge in [0.15, 0.2) is 0 Å². The summed E-state index contributed by atoms with van der Waals surface area (Å²) in [5, 5.41) is 16.5. The van der Waals surface area contributed by atoms with Crippen molar-refractivity contribution in [2.75, 3.05) is 6.61 Å². The number of nitrogens with zero attached hydrogens (tertiary/aromatic N) is 1. The summed E-state index contributed by atoms with van der Waals surface area (Å²) in [4.78, 5) is 0. The molecule has 78 valence electrons. The van der Waals surface area contributed by atoms with Crippen molar-refractivity contribution in [2.45, 2.75) is 6.42 Å². The molecular weight excluding hydrogens is 212 g/mol. The third-order valence-corrected chi connectivity index (χ3v) is 2.40. The zero-order valence-corrected chi connectivity index (χ0v) is 8.83. The summed E-state index contributed by atoms with van der Waals surface area (Å²) >= 11 is 5.79. The first-order valence-corrected chi connectivity index (χ1v) is 5.08. The van der Waals surface area contributed by atoms with Crippen LogP contribution in [0, 0.1) is 0 Å². The lowest BCUT2D eigenvalue weighted by atomic mass is 10.1. The van der Waals surface area contributed by atoms with Gasteiger partial charge in [-0.1, -0.05) is 23.7 Å². The van der Waals surface area contributed by atoms with Crippen molar-refractivity contribution in [1.82, 2.24) is 10.2 Å². The van der Waals surface area contributed by atoms with Gasteiger partial charge in [0.2, 0.25) is 0 Å². The van der Waals surface area contributed by atoms with Gasteiger partial charge in [-0.05, 0) is 18.2 Å². The fourth-order valence-corrected chi connectivity index (χ4v) is 1.50. The second-order valence-electron chi connectivity index (χ2n) is 3.26. The molecule has 1 aromatic carbocycles. The van der Waals surface area contributed by atoms with Gasteiger partial charge < -0.3 is 5.11 Å². The highest BCUT2D eigenvalue weighted by Crippen LogP contribution is 2.20. The van der Waals surface area contributed by atoms with Crippen molar-refractivity contribution >= 4 is 11.6 Å². The zero-order chi connectivity index (χ0) is 10.7. The lowest BCUT2D eigenvalue weighted by Crippen LogP contribution is -1.89. The molecular formula is C11H11ClN2O. The molecule has 0 amide bonds. The molecule has 4 heteroatoms. The summed E-state index contributed by atoms with van der Waals surface area (Å²) in [7, 11) is 0. The van der Waals surface area contributed by atoms with Gasteiger partial charge in [0, 0.05) is 29.3 Å². The van der Waals surface area contributed by atoms with Crippen molar-refractivity contribution in [3.05, 3.63) is 41.0 Å². The number of aromatic nitrogens is 2. The van der Waals surface area contributed by atoms with Crippen LogP contribution in [0.25, 0.3) is 11.3 Å². The van der Waals surface area contributed by atoms with E-state index in [0.717, 1.165) is 17.0 Å². The Morgan fingerprint density at radius 1 is 1.27 bits per heavy atom. The fourth-order valence-electron chi connectivity index (χ4n) is 1.38. The number of hydrogen-bond acceptors (Lipinski definition) is 2. The number of H-pyrrole nitrogens is 1. The Bertz CT molecular complexity index is 436. The van der Waals surface area contributed by atoms with Crippen LogP contribution < -0.4 is 0 Å². The predicted molar refractivity (Wildman–Crippen MR) is 59.8 cm³/mol. The van der Waals surface area contributed by atoms with Crippen LogP contribution in [0.5, 0.6) is 0 Å². The molecule has 2 rings (SSSR count). The largest absolute Gasteiger partial charge is 0.396 e. The fraction of sp³-hybridized carbons (Fsp3) is 0.182. The summed E-state index contributed by atoms with van der Waals surface area (Å²) in [5.74, 6) is 0. The first-order chi connectivity index (χ1) is 7.29. The number of hydrogen-bond donors (Lipinski definition) is 2. The Balaban J connectivity index is 2.25. The quantitative estimate of drug-likeness (QED) is 0.837. The minimum absolute atomic E-state index is 0.127. The van der Waals surface area contributed by atoms with Crippen LogP contribution in [0.15, 0.2) is 30.3 Å². The van der Waals surface area contributed by atoms with E-state index in [9.17, 15) is 0 Å². The van der Waals surface area contributed by atoms with E-state index in [2.05, 4.69) is 10.2 Å². The molecule has 15 heavy (non-hydrogen) atoms. The maximum Gasteiger partial charge on any atom is 0.0923 e. The molecule has 1 heterocycles. The highest BCUT2D eigenvalue weighted by atomic mass is 35.5. The summed E-state index contributed by atoms with van der Waals surface area (Å²) in [6.45, 7) is 0.127. The lowest BCUT2D eigenvalue weighted by molar-refractivity contribution is 0.298. The molecule has 0 bridgehead atoms. The number of benzene rings is 1. The van der Waals surface area contributed by atoms with E-state index in [1.54, 1.807) is 0 Å². The minimum atomic E-state index is 0.127. The molecule has 0 fully saturated rings. The molecule has 0 saturated carbocycles. The van der Waals surface area contributed by atoms with Gasteiger partial charge in [-0.2, -0.15) is 5.10 Å². The standard InChI is InChI=1S/C11H11ClN2O/c12-9-3-1-8(2-4-9)11-7-10(5-6-15)13-14-11/h1-4,7,15H,5-6H2,(H,13,14). The first kappa shape index (κ1) is 10.2. The molecule has 2 aromatic rings. The van der Waals surface area contributed by atoms with Crippen molar-refractivity contribution < 1.29 is 5.11 Å². The van der Waals surface area contributed by atoms with Gasteiger partial charge in [0.05, 0.1) is 5.69 Å². The summed E-state index contributed by atoms with van der Waals surface area (Å²) in [6, 6.07) is 9.43. The average molecular weight is 223 g/mol. The zero-order valence-electron chi connectivity index (χ0n) is 8.07. The third-order valence-electron chi connectivity index (χ3n) is 2.15. The van der Waals surface area contributed by atoms with Crippen molar-refractivity contribution in [1.29, 1.82) is 0 Å². The van der Waals surface area contributed by atoms with Gasteiger partial charge in [-0.3, -0.25) is 5.10 Å². The van der Waals surface area contributed by atoms with Gasteiger partial charge in [0.25, 0.3) is 0 Å². The van der Waals surface area contributed by atoms with E-state index in [0.29, 0.717) is 11.4 Å². The summed E-state index contributed by atoms with van der Waals surface area (Å²) in [5.41, 5.74) is 2.82. The molecule has 1 aromatic heterocycles. The molecule has 0 unspecified atom stereocenters. The molecule has 0 radical (unpaired) electrons. The Morgan fingerprint density at radius 3 is 2.67 bits per heavy atom. The van der Waals surface area contributed by atoms with Crippen molar-refractivity contribution in [2.24, 2.45) is 0 Å². The number of aliphatic hydroxyl groups excluding tert-OH is 1. The molecule has 2 N–H and O–H groups in total.